The lowest BCUT2D eigenvalue weighted by molar-refractivity contribution is 0.549. The molecular weight excluding hydrogens is 200 g/mol. The van der Waals surface area contributed by atoms with Gasteiger partial charge in [0, 0.05) is 6.54 Å². The molecule has 14 heavy (non-hydrogen) atoms. The third kappa shape index (κ3) is 8.47. The molecule has 0 aromatic carbocycles. The molecule has 3 N–H and O–H groups in total. The minimum atomic E-state index is -3.06. The highest BCUT2D eigenvalue weighted by molar-refractivity contribution is 7.89. The lowest BCUT2D eigenvalue weighted by atomic mass is 10.1. The minimum Gasteiger partial charge on any atom is -0.330 e. The molecule has 0 radical (unpaired) electrons. The Morgan fingerprint density at radius 1 is 1.29 bits per heavy atom. The summed E-state index contributed by atoms with van der Waals surface area (Å²) in [4.78, 5) is 0. The number of sulfonamides is 1. The molecule has 0 atom stereocenters. The van der Waals surface area contributed by atoms with E-state index in [1.165, 1.54) is 0 Å². The van der Waals surface area contributed by atoms with Crippen molar-refractivity contribution in [2.75, 3.05) is 18.8 Å². The Balaban J connectivity index is 3.62. The van der Waals surface area contributed by atoms with Crippen LogP contribution < -0.4 is 10.5 Å². The van der Waals surface area contributed by atoms with Gasteiger partial charge in [-0.3, -0.25) is 0 Å². The van der Waals surface area contributed by atoms with Crippen molar-refractivity contribution in [3.05, 3.63) is 0 Å². The molecule has 0 heterocycles. The van der Waals surface area contributed by atoms with Crippen LogP contribution in [-0.4, -0.2) is 27.3 Å². The smallest absolute Gasteiger partial charge is 0.211 e. The second kappa shape index (κ2) is 7.20. The Morgan fingerprint density at radius 3 is 2.43 bits per heavy atom. The van der Waals surface area contributed by atoms with Crippen molar-refractivity contribution in [2.45, 2.75) is 33.1 Å². The van der Waals surface area contributed by atoms with Crippen molar-refractivity contribution in [3.8, 4) is 0 Å². The summed E-state index contributed by atoms with van der Waals surface area (Å²) in [6, 6.07) is 0. The summed E-state index contributed by atoms with van der Waals surface area (Å²) in [6.07, 6.45) is 2.30. The normalized spacial score (nSPS) is 12.3. The number of nitrogens with two attached hydrogens (primary N) is 1. The Hall–Kier alpha value is -0.130. The average molecular weight is 222 g/mol. The highest BCUT2D eigenvalue weighted by Gasteiger charge is 2.08. The molecule has 0 bridgehead atoms. The molecule has 86 valence electrons. The largest absolute Gasteiger partial charge is 0.330 e. The Kier molecular flexibility index (Phi) is 7.13. The third-order valence-corrected chi connectivity index (χ3v) is 3.38. The molecule has 0 rings (SSSR count). The van der Waals surface area contributed by atoms with Gasteiger partial charge in [0.15, 0.2) is 0 Å². The Bertz CT molecular complexity index is 225. The molecule has 0 saturated carbocycles. The molecule has 0 aliphatic rings. The fourth-order valence-corrected chi connectivity index (χ4v) is 2.17. The summed E-state index contributed by atoms with van der Waals surface area (Å²) >= 11 is 0. The monoisotopic (exact) mass is 222 g/mol. The number of unbranched alkanes of at least 4 members (excludes halogenated alkanes) is 1. The van der Waals surface area contributed by atoms with Gasteiger partial charge in [-0.15, -0.1) is 0 Å². The van der Waals surface area contributed by atoms with Gasteiger partial charge in [0.1, 0.15) is 0 Å². The topological polar surface area (TPSA) is 72.2 Å². The molecule has 0 spiro atoms. The molecule has 0 aliphatic heterocycles. The van der Waals surface area contributed by atoms with Crippen molar-refractivity contribution < 1.29 is 8.42 Å². The van der Waals surface area contributed by atoms with Gasteiger partial charge in [0.05, 0.1) is 5.75 Å². The van der Waals surface area contributed by atoms with Crippen molar-refractivity contribution >= 4 is 10.0 Å². The average Bonchev–Trinajstić information content (AvgIpc) is 2.03. The summed E-state index contributed by atoms with van der Waals surface area (Å²) in [5.41, 5.74) is 5.28. The van der Waals surface area contributed by atoms with E-state index in [0.717, 1.165) is 12.8 Å². The summed E-state index contributed by atoms with van der Waals surface area (Å²) in [5, 5.41) is 0. The molecule has 0 saturated heterocycles. The third-order valence-electron chi connectivity index (χ3n) is 1.91. The van der Waals surface area contributed by atoms with E-state index in [9.17, 15) is 8.42 Å². The van der Waals surface area contributed by atoms with Crippen LogP contribution in [0.15, 0.2) is 0 Å². The van der Waals surface area contributed by atoms with E-state index in [0.29, 0.717) is 25.4 Å². The summed E-state index contributed by atoms with van der Waals surface area (Å²) < 4.78 is 25.3. The maximum atomic E-state index is 11.3. The number of hydrogen-bond donors (Lipinski definition) is 2. The van der Waals surface area contributed by atoms with Gasteiger partial charge in [-0.25, -0.2) is 13.1 Å². The molecule has 0 fully saturated rings. The van der Waals surface area contributed by atoms with Crippen LogP contribution in [0.1, 0.15) is 33.1 Å². The molecule has 0 aromatic heterocycles. The second-order valence-electron chi connectivity index (χ2n) is 3.89. The fourth-order valence-electron chi connectivity index (χ4n) is 1.01. The van der Waals surface area contributed by atoms with Crippen LogP contribution in [0.4, 0.5) is 0 Å². The van der Waals surface area contributed by atoms with Crippen LogP contribution in [0.3, 0.4) is 0 Å². The fraction of sp³-hybridized carbons (Fsp3) is 1.00. The van der Waals surface area contributed by atoms with Crippen molar-refractivity contribution in [2.24, 2.45) is 11.7 Å². The molecular formula is C9H22N2O2S. The summed E-state index contributed by atoms with van der Waals surface area (Å²) in [6.45, 7) is 5.25. The van der Waals surface area contributed by atoms with Crippen LogP contribution in [-0.2, 0) is 10.0 Å². The van der Waals surface area contributed by atoms with Gasteiger partial charge >= 0.3 is 0 Å². The van der Waals surface area contributed by atoms with E-state index in [4.69, 9.17) is 5.73 Å². The van der Waals surface area contributed by atoms with Crippen molar-refractivity contribution in [1.29, 1.82) is 0 Å². The predicted octanol–water partition coefficient (Wildman–Crippen LogP) is 0.691. The highest BCUT2D eigenvalue weighted by Crippen LogP contribution is 1.98. The molecule has 4 nitrogen and oxygen atoms in total. The zero-order chi connectivity index (χ0) is 11.0. The molecule has 0 unspecified atom stereocenters. The second-order valence-corrected chi connectivity index (χ2v) is 5.82. The van der Waals surface area contributed by atoms with E-state index >= 15 is 0 Å². The highest BCUT2D eigenvalue weighted by atomic mass is 32.2. The van der Waals surface area contributed by atoms with Gasteiger partial charge in [0.25, 0.3) is 0 Å². The molecule has 0 aromatic rings. The van der Waals surface area contributed by atoms with Gasteiger partial charge in [-0.1, -0.05) is 13.8 Å². The van der Waals surface area contributed by atoms with Crippen LogP contribution in [0.25, 0.3) is 0 Å². The van der Waals surface area contributed by atoms with Gasteiger partial charge in [0.2, 0.25) is 10.0 Å². The lowest BCUT2D eigenvalue weighted by Gasteiger charge is -2.07. The lowest BCUT2D eigenvalue weighted by Crippen LogP contribution is -2.28. The van der Waals surface area contributed by atoms with Crippen molar-refractivity contribution in [1.82, 2.24) is 4.72 Å². The zero-order valence-electron chi connectivity index (χ0n) is 9.12. The van der Waals surface area contributed by atoms with Gasteiger partial charge in [-0.05, 0) is 31.7 Å². The van der Waals surface area contributed by atoms with Crippen LogP contribution >= 0.6 is 0 Å². The Labute approximate surface area is 87.3 Å². The first-order chi connectivity index (χ1) is 6.48. The zero-order valence-corrected chi connectivity index (χ0v) is 9.94. The maximum Gasteiger partial charge on any atom is 0.211 e. The standard InChI is InChI=1S/C9H22N2O2S/c1-9(2)5-7-11-14(12,13)8-4-3-6-10/h9,11H,3-8,10H2,1-2H3. The molecule has 0 amide bonds. The van der Waals surface area contributed by atoms with Crippen LogP contribution in [0.5, 0.6) is 0 Å². The molecule has 5 heteroatoms. The van der Waals surface area contributed by atoms with E-state index in [2.05, 4.69) is 18.6 Å². The number of hydrogen-bond acceptors (Lipinski definition) is 3. The van der Waals surface area contributed by atoms with Crippen molar-refractivity contribution in [3.63, 3.8) is 0 Å². The maximum absolute atomic E-state index is 11.3. The first-order valence-corrected chi connectivity index (χ1v) is 6.80. The SMILES string of the molecule is CC(C)CCNS(=O)(=O)CCCCN. The summed E-state index contributed by atoms with van der Waals surface area (Å²) in [5.74, 6) is 0.726. The van der Waals surface area contributed by atoms with Gasteiger partial charge in [-0.2, -0.15) is 0 Å². The van der Waals surface area contributed by atoms with Crippen LogP contribution in [0, 0.1) is 5.92 Å². The first kappa shape index (κ1) is 13.9. The van der Waals surface area contributed by atoms with Gasteiger partial charge < -0.3 is 5.73 Å². The number of nitrogens with one attached hydrogen (secondary N) is 1. The summed E-state index contributed by atoms with van der Waals surface area (Å²) in [7, 11) is -3.06. The van der Waals surface area contributed by atoms with Crippen LogP contribution in [0.2, 0.25) is 0 Å². The molecule has 0 aliphatic carbocycles. The number of rotatable bonds is 8. The first-order valence-electron chi connectivity index (χ1n) is 5.15. The van der Waals surface area contributed by atoms with E-state index in [1.807, 2.05) is 0 Å². The van der Waals surface area contributed by atoms with E-state index in [-0.39, 0.29) is 5.75 Å². The predicted molar refractivity (Wildman–Crippen MR) is 59.5 cm³/mol. The van der Waals surface area contributed by atoms with E-state index in [1.54, 1.807) is 0 Å². The quantitative estimate of drug-likeness (QED) is 0.594. The minimum absolute atomic E-state index is 0.197. The van der Waals surface area contributed by atoms with E-state index < -0.39 is 10.0 Å². The Morgan fingerprint density at radius 2 is 1.93 bits per heavy atom.